The van der Waals surface area contributed by atoms with Gasteiger partial charge in [-0.15, -0.1) is 0 Å². The predicted octanol–water partition coefficient (Wildman–Crippen LogP) is 2.17. The van der Waals surface area contributed by atoms with Crippen molar-refractivity contribution in [2.24, 2.45) is 0 Å². The molecule has 0 spiro atoms. The molecule has 1 saturated heterocycles. The van der Waals surface area contributed by atoms with Gasteiger partial charge in [0.1, 0.15) is 24.5 Å². The number of rotatable bonds is 4. The summed E-state index contributed by atoms with van der Waals surface area (Å²) < 4.78 is 11.3. The third-order valence-electron chi connectivity index (χ3n) is 4.87. The van der Waals surface area contributed by atoms with E-state index in [1.54, 1.807) is 23.2 Å². The van der Waals surface area contributed by atoms with Crippen molar-refractivity contribution in [1.82, 2.24) is 10.3 Å². The van der Waals surface area contributed by atoms with Gasteiger partial charge in [-0.25, -0.2) is 4.79 Å². The quantitative estimate of drug-likeness (QED) is 0.815. The van der Waals surface area contributed by atoms with Crippen LogP contribution in [0.2, 0.25) is 0 Å². The highest BCUT2D eigenvalue weighted by Gasteiger charge is 2.46. The second kappa shape index (κ2) is 6.95. The number of ketones is 1. The summed E-state index contributed by atoms with van der Waals surface area (Å²) in [5.74, 6) is 0.313. The number of cyclic esters (lactones) is 1. The molecule has 2 aromatic rings. The van der Waals surface area contributed by atoms with Crippen LogP contribution in [-0.2, 0) is 9.53 Å². The number of carbonyl (C=O) groups is 3. The van der Waals surface area contributed by atoms with Crippen LogP contribution in [0.4, 0.5) is 10.5 Å². The number of aromatic nitrogens is 1. The van der Waals surface area contributed by atoms with Crippen LogP contribution in [-0.4, -0.2) is 48.1 Å². The fourth-order valence-electron chi connectivity index (χ4n) is 3.42. The largest absolute Gasteiger partial charge is 0.489 e. The number of nitrogens with one attached hydrogen (secondary N) is 1. The van der Waals surface area contributed by atoms with Gasteiger partial charge in [-0.3, -0.25) is 19.5 Å². The molecule has 8 heteroatoms. The number of Topliss-reactive ketones (excluding diaryl/α,β-unsaturated/α-hetero) is 1. The lowest BCUT2D eigenvalue weighted by molar-refractivity contribution is -0.119. The second-order valence-corrected chi connectivity index (χ2v) is 6.81. The number of nitrogens with zero attached hydrogens (tertiary/aromatic N) is 2. The van der Waals surface area contributed by atoms with E-state index >= 15 is 0 Å². The van der Waals surface area contributed by atoms with Crippen LogP contribution in [0.25, 0.3) is 11.1 Å². The minimum atomic E-state index is -0.472. The van der Waals surface area contributed by atoms with E-state index in [4.69, 9.17) is 9.47 Å². The van der Waals surface area contributed by atoms with Crippen molar-refractivity contribution < 1.29 is 23.9 Å². The fourth-order valence-corrected chi connectivity index (χ4v) is 3.42. The smallest absolute Gasteiger partial charge is 0.415 e. The standard InChI is InChI=1S/C20H19N3O5/c1-11(24)14-5-15(8-21-7-14)13-3-4-16-18(6-13)27-10-17-19(9-22-12(2)25)28-20(26)23(16)17/h3-8,17,19H,9-10H2,1-2H3,(H,22,25)/t17-,19-/m0/s1. The van der Waals surface area contributed by atoms with Crippen LogP contribution in [0.3, 0.4) is 0 Å². The molecule has 28 heavy (non-hydrogen) atoms. The lowest BCUT2D eigenvalue weighted by atomic mass is 10.0. The van der Waals surface area contributed by atoms with Crippen LogP contribution >= 0.6 is 0 Å². The number of fused-ring (bicyclic) bond motifs is 3. The highest BCUT2D eigenvalue weighted by molar-refractivity contribution is 5.96. The molecule has 2 aliphatic heterocycles. The van der Waals surface area contributed by atoms with Crippen molar-refractivity contribution in [2.45, 2.75) is 26.0 Å². The van der Waals surface area contributed by atoms with E-state index in [9.17, 15) is 14.4 Å². The number of benzene rings is 1. The lowest BCUT2D eigenvalue weighted by Gasteiger charge is -2.31. The number of carbonyl (C=O) groups excluding carboxylic acids is 3. The van der Waals surface area contributed by atoms with Crippen molar-refractivity contribution in [3.05, 3.63) is 42.2 Å². The fraction of sp³-hybridized carbons (Fsp3) is 0.300. The van der Waals surface area contributed by atoms with Gasteiger partial charge in [-0.1, -0.05) is 6.07 Å². The summed E-state index contributed by atoms with van der Waals surface area (Å²) in [6, 6.07) is 6.93. The van der Waals surface area contributed by atoms with E-state index in [1.165, 1.54) is 20.0 Å². The average molecular weight is 381 g/mol. The van der Waals surface area contributed by atoms with Crippen LogP contribution in [0.1, 0.15) is 24.2 Å². The van der Waals surface area contributed by atoms with Crippen LogP contribution in [0.5, 0.6) is 5.75 Å². The summed E-state index contributed by atoms with van der Waals surface area (Å²) in [7, 11) is 0. The zero-order valence-electron chi connectivity index (χ0n) is 15.5. The summed E-state index contributed by atoms with van der Waals surface area (Å²) in [6.45, 7) is 3.41. The lowest BCUT2D eigenvalue weighted by Crippen LogP contribution is -2.47. The Hall–Kier alpha value is -3.42. The van der Waals surface area contributed by atoms with E-state index in [-0.39, 0.29) is 30.9 Å². The molecule has 0 unspecified atom stereocenters. The van der Waals surface area contributed by atoms with Gasteiger partial charge in [0.15, 0.2) is 5.78 Å². The predicted molar refractivity (Wildman–Crippen MR) is 100 cm³/mol. The molecule has 1 aromatic carbocycles. The molecule has 1 N–H and O–H groups in total. The van der Waals surface area contributed by atoms with Gasteiger partial charge in [0.2, 0.25) is 5.91 Å². The van der Waals surface area contributed by atoms with Crippen LogP contribution in [0, 0.1) is 0 Å². The molecule has 0 radical (unpaired) electrons. The Bertz CT molecular complexity index is 974. The minimum Gasteiger partial charge on any atom is -0.489 e. The molecule has 1 aromatic heterocycles. The van der Waals surface area contributed by atoms with E-state index in [0.717, 1.165) is 11.1 Å². The molecule has 4 rings (SSSR count). The number of pyridine rings is 1. The zero-order valence-corrected chi connectivity index (χ0v) is 15.5. The molecule has 8 nitrogen and oxygen atoms in total. The molecular formula is C20H19N3O5. The van der Waals surface area contributed by atoms with Crippen molar-refractivity contribution >= 4 is 23.5 Å². The van der Waals surface area contributed by atoms with Crippen molar-refractivity contribution in [3.8, 4) is 16.9 Å². The maximum atomic E-state index is 12.4. The highest BCUT2D eigenvalue weighted by Crippen LogP contribution is 2.40. The highest BCUT2D eigenvalue weighted by atomic mass is 16.6. The molecule has 144 valence electrons. The number of hydrogen-bond donors (Lipinski definition) is 1. The molecule has 0 aliphatic carbocycles. The summed E-state index contributed by atoms with van der Waals surface area (Å²) in [5, 5.41) is 2.68. The molecule has 0 saturated carbocycles. The number of hydrogen-bond acceptors (Lipinski definition) is 6. The normalized spacial score (nSPS) is 19.9. The third kappa shape index (κ3) is 3.17. The Kier molecular flexibility index (Phi) is 4.46. The maximum Gasteiger partial charge on any atom is 0.415 e. The third-order valence-corrected chi connectivity index (χ3v) is 4.87. The van der Waals surface area contributed by atoms with Crippen LogP contribution in [0.15, 0.2) is 36.7 Å². The second-order valence-electron chi connectivity index (χ2n) is 6.81. The van der Waals surface area contributed by atoms with E-state index < -0.39 is 12.2 Å². The van der Waals surface area contributed by atoms with E-state index in [0.29, 0.717) is 17.0 Å². The molecule has 2 atom stereocenters. The van der Waals surface area contributed by atoms with Gasteiger partial charge in [0, 0.05) is 30.4 Å². The van der Waals surface area contributed by atoms with Gasteiger partial charge in [0.25, 0.3) is 0 Å². The summed E-state index contributed by atoms with van der Waals surface area (Å²) in [4.78, 5) is 40.8. The van der Waals surface area contributed by atoms with Gasteiger partial charge in [0.05, 0.1) is 12.2 Å². The summed E-state index contributed by atoms with van der Waals surface area (Å²) in [5.41, 5.74) is 2.76. The van der Waals surface area contributed by atoms with Crippen LogP contribution < -0.4 is 15.0 Å². The van der Waals surface area contributed by atoms with Crippen molar-refractivity contribution in [1.29, 1.82) is 0 Å². The number of ether oxygens (including phenoxy) is 2. The van der Waals surface area contributed by atoms with E-state index in [2.05, 4.69) is 10.3 Å². The first kappa shape index (κ1) is 18.0. The summed E-state index contributed by atoms with van der Waals surface area (Å²) in [6.07, 6.45) is 2.27. The Labute approximate surface area is 161 Å². The topological polar surface area (TPSA) is 97.8 Å². The van der Waals surface area contributed by atoms with Gasteiger partial charge in [-0.2, -0.15) is 0 Å². The first-order chi connectivity index (χ1) is 13.4. The zero-order chi connectivity index (χ0) is 19.8. The molecule has 3 heterocycles. The minimum absolute atomic E-state index is 0.0589. The number of anilines is 1. The average Bonchev–Trinajstić information content (AvgIpc) is 3.02. The monoisotopic (exact) mass is 381 g/mol. The molecular weight excluding hydrogens is 362 g/mol. The van der Waals surface area contributed by atoms with Gasteiger partial charge < -0.3 is 14.8 Å². The molecule has 2 aliphatic rings. The Balaban J connectivity index is 1.62. The molecule has 0 bridgehead atoms. The Morgan fingerprint density at radius 2 is 2.04 bits per heavy atom. The van der Waals surface area contributed by atoms with Gasteiger partial charge in [-0.05, 0) is 30.7 Å². The SMILES string of the molecule is CC(=O)NC[C@@H]1OC(=O)N2c3ccc(-c4cncc(C(C)=O)c4)cc3OC[C@@H]12. The first-order valence-corrected chi connectivity index (χ1v) is 8.91. The Morgan fingerprint density at radius 1 is 1.21 bits per heavy atom. The molecule has 1 fully saturated rings. The summed E-state index contributed by atoms with van der Waals surface area (Å²) >= 11 is 0. The Morgan fingerprint density at radius 3 is 2.79 bits per heavy atom. The van der Waals surface area contributed by atoms with E-state index in [1.807, 2.05) is 12.1 Å². The molecule has 2 amide bonds. The van der Waals surface area contributed by atoms with Gasteiger partial charge >= 0.3 is 6.09 Å². The van der Waals surface area contributed by atoms with Crippen molar-refractivity contribution in [3.63, 3.8) is 0 Å². The maximum absolute atomic E-state index is 12.4. The number of amides is 2. The first-order valence-electron chi connectivity index (χ1n) is 8.91. The van der Waals surface area contributed by atoms with Crippen molar-refractivity contribution in [2.75, 3.05) is 18.1 Å².